The van der Waals surface area contributed by atoms with E-state index in [0.29, 0.717) is 25.0 Å². The van der Waals surface area contributed by atoms with Crippen LogP contribution < -0.4 is 5.56 Å². The van der Waals surface area contributed by atoms with Crippen molar-refractivity contribution in [1.29, 1.82) is 0 Å². The first-order valence-electron chi connectivity index (χ1n) is 8.50. The Hall–Kier alpha value is -1.82. The lowest BCUT2D eigenvalue weighted by Gasteiger charge is -2.24. The second-order valence-corrected chi connectivity index (χ2v) is 8.41. The molecule has 1 aromatic heterocycles. The summed E-state index contributed by atoms with van der Waals surface area (Å²) in [5.41, 5.74) is -0.489. The lowest BCUT2D eigenvalue weighted by molar-refractivity contribution is 0.0287. The van der Waals surface area contributed by atoms with Gasteiger partial charge >= 0.3 is 6.09 Å². The molecular formula is C19H23BrN2O3. The minimum Gasteiger partial charge on any atom is -0.444 e. The van der Waals surface area contributed by atoms with Crippen LogP contribution in [0.5, 0.6) is 0 Å². The van der Waals surface area contributed by atoms with Gasteiger partial charge in [0.25, 0.3) is 5.56 Å². The highest BCUT2D eigenvalue weighted by atomic mass is 79.9. The quantitative estimate of drug-likeness (QED) is 0.756. The average molecular weight is 407 g/mol. The minimum absolute atomic E-state index is 0.000642. The van der Waals surface area contributed by atoms with E-state index in [1.165, 1.54) is 0 Å². The van der Waals surface area contributed by atoms with E-state index in [-0.39, 0.29) is 17.6 Å². The van der Waals surface area contributed by atoms with Gasteiger partial charge < -0.3 is 14.2 Å². The SMILES string of the molecule is CC(C)(C)OC(=O)N1CCC(Cn2ccc3cccc(Br)c3c2=O)C1. The Balaban J connectivity index is 1.73. The monoisotopic (exact) mass is 406 g/mol. The Bertz CT molecular complexity index is 854. The zero-order valence-electron chi connectivity index (χ0n) is 14.8. The molecule has 3 rings (SSSR count). The van der Waals surface area contributed by atoms with Gasteiger partial charge in [0.05, 0.1) is 5.39 Å². The lowest BCUT2D eigenvalue weighted by atomic mass is 10.1. The molecule has 0 spiro atoms. The van der Waals surface area contributed by atoms with Crippen LogP contribution in [-0.4, -0.2) is 34.3 Å². The molecule has 134 valence electrons. The highest BCUT2D eigenvalue weighted by Gasteiger charge is 2.30. The third-order valence-corrected chi connectivity index (χ3v) is 5.01. The molecule has 1 aromatic carbocycles. The number of carbonyl (C=O) groups excluding carboxylic acids is 1. The zero-order valence-corrected chi connectivity index (χ0v) is 16.4. The largest absolute Gasteiger partial charge is 0.444 e. The van der Waals surface area contributed by atoms with Crippen molar-refractivity contribution in [2.75, 3.05) is 13.1 Å². The van der Waals surface area contributed by atoms with Gasteiger partial charge in [-0.3, -0.25) is 4.79 Å². The number of benzene rings is 1. The van der Waals surface area contributed by atoms with Crippen LogP contribution in [0.1, 0.15) is 27.2 Å². The van der Waals surface area contributed by atoms with Crippen molar-refractivity contribution >= 4 is 32.8 Å². The molecule has 2 aromatic rings. The van der Waals surface area contributed by atoms with E-state index >= 15 is 0 Å². The number of ether oxygens (including phenoxy) is 1. The summed E-state index contributed by atoms with van der Waals surface area (Å²) in [4.78, 5) is 26.7. The van der Waals surface area contributed by atoms with Crippen LogP contribution >= 0.6 is 15.9 Å². The van der Waals surface area contributed by atoms with E-state index in [4.69, 9.17) is 4.74 Å². The van der Waals surface area contributed by atoms with Crippen molar-refractivity contribution in [1.82, 2.24) is 9.47 Å². The number of rotatable bonds is 2. The summed E-state index contributed by atoms with van der Waals surface area (Å²) in [5.74, 6) is 0.255. The van der Waals surface area contributed by atoms with Crippen LogP contribution in [0.15, 0.2) is 39.7 Å². The van der Waals surface area contributed by atoms with Crippen molar-refractivity contribution in [2.45, 2.75) is 39.3 Å². The van der Waals surface area contributed by atoms with Crippen LogP contribution in [-0.2, 0) is 11.3 Å². The molecule has 2 heterocycles. The van der Waals surface area contributed by atoms with E-state index in [9.17, 15) is 9.59 Å². The van der Waals surface area contributed by atoms with Crippen molar-refractivity contribution in [2.24, 2.45) is 5.92 Å². The van der Waals surface area contributed by atoms with E-state index < -0.39 is 5.60 Å². The van der Waals surface area contributed by atoms with Crippen LogP contribution in [0.3, 0.4) is 0 Å². The van der Waals surface area contributed by atoms with Gasteiger partial charge in [0, 0.05) is 30.3 Å². The summed E-state index contributed by atoms with van der Waals surface area (Å²) in [7, 11) is 0. The summed E-state index contributed by atoms with van der Waals surface area (Å²) >= 11 is 3.47. The number of amides is 1. The van der Waals surface area contributed by atoms with Gasteiger partial charge in [-0.25, -0.2) is 4.79 Å². The van der Waals surface area contributed by atoms with Crippen LogP contribution in [0.2, 0.25) is 0 Å². The molecule has 1 atom stereocenters. The first-order valence-corrected chi connectivity index (χ1v) is 9.29. The molecule has 0 N–H and O–H groups in total. The van der Waals surface area contributed by atoms with Gasteiger partial charge in [0.15, 0.2) is 0 Å². The van der Waals surface area contributed by atoms with Gasteiger partial charge in [-0.1, -0.05) is 12.1 Å². The molecule has 6 heteroatoms. The number of fused-ring (bicyclic) bond motifs is 1. The van der Waals surface area contributed by atoms with E-state index in [1.54, 1.807) is 9.47 Å². The average Bonchev–Trinajstić information content (AvgIpc) is 2.97. The maximum absolute atomic E-state index is 12.8. The molecule has 0 radical (unpaired) electrons. The molecule has 1 saturated heterocycles. The molecule has 1 aliphatic heterocycles. The molecule has 0 saturated carbocycles. The fraction of sp³-hybridized carbons (Fsp3) is 0.474. The third-order valence-electron chi connectivity index (χ3n) is 4.35. The van der Waals surface area contributed by atoms with E-state index in [0.717, 1.165) is 16.3 Å². The first kappa shape index (κ1) is 18.0. The number of pyridine rings is 1. The van der Waals surface area contributed by atoms with Crippen LogP contribution in [0.4, 0.5) is 4.79 Å². The Labute approximate surface area is 155 Å². The maximum atomic E-state index is 12.8. The first-order chi connectivity index (χ1) is 11.7. The van der Waals surface area contributed by atoms with Crippen molar-refractivity contribution in [3.05, 3.63) is 45.3 Å². The Morgan fingerprint density at radius 1 is 1.32 bits per heavy atom. The molecular weight excluding hydrogens is 384 g/mol. The Kier molecular flexibility index (Phi) is 4.91. The molecule has 5 nitrogen and oxygen atoms in total. The molecule has 25 heavy (non-hydrogen) atoms. The number of likely N-dealkylation sites (tertiary alicyclic amines) is 1. The Morgan fingerprint density at radius 2 is 2.08 bits per heavy atom. The van der Waals surface area contributed by atoms with Gasteiger partial charge in [-0.15, -0.1) is 0 Å². The number of hydrogen-bond donors (Lipinski definition) is 0. The molecule has 0 bridgehead atoms. The minimum atomic E-state index is -0.489. The topological polar surface area (TPSA) is 51.5 Å². The predicted molar refractivity (Wildman–Crippen MR) is 102 cm³/mol. The number of aromatic nitrogens is 1. The van der Waals surface area contributed by atoms with Gasteiger partial charge in [0.2, 0.25) is 0 Å². The molecule has 0 aliphatic carbocycles. The van der Waals surface area contributed by atoms with Crippen molar-refractivity contribution in [3.8, 4) is 0 Å². The second kappa shape index (κ2) is 6.83. The second-order valence-electron chi connectivity index (χ2n) is 7.56. The zero-order chi connectivity index (χ0) is 18.2. The summed E-state index contributed by atoms with van der Waals surface area (Å²) in [5, 5.41) is 1.63. The summed E-state index contributed by atoms with van der Waals surface area (Å²) in [6.45, 7) is 7.50. The lowest BCUT2D eigenvalue weighted by Crippen LogP contribution is -2.35. The van der Waals surface area contributed by atoms with Gasteiger partial charge in [-0.05, 0) is 66.6 Å². The molecule has 1 aliphatic rings. The Morgan fingerprint density at radius 3 is 2.80 bits per heavy atom. The van der Waals surface area contributed by atoms with Crippen LogP contribution in [0.25, 0.3) is 10.8 Å². The summed E-state index contributed by atoms with van der Waals surface area (Å²) in [6, 6.07) is 7.70. The number of halogens is 1. The summed E-state index contributed by atoms with van der Waals surface area (Å²) < 4.78 is 7.99. The smallest absolute Gasteiger partial charge is 0.410 e. The third kappa shape index (κ3) is 4.06. The van der Waals surface area contributed by atoms with Gasteiger partial charge in [0.1, 0.15) is 5.60 Å². The molecule has 1 fully saturated rings. The predicted octanol–water partition coefficient (Wildman–Crippen LogP) is 4.02. The van der Waals surface area contributed by atoms with Gasteiger partial charge in [-0.2, -0.15) is 0 Å². The fourth-order valence-corrected chi connectivity index (χ4v) is 3.73. The highest BCUT2D eigenvalue weighted by molar-refractivity contribution is 9.10. The van der Waals surface area contributed by atoms with Crippen LogP contribution in [0, 0.1) is 5.92 Å². The molecule has 1 unspecified atom stereocenters. The number of nitrogens with zero attached hydrogens (tertiary/aromatic N) is 2. The molecule has 1 amide bonds. The van der Waals surface area contributed by atoms with Crippen molar-refractivity contribution < 1.29 is 9.53 Å². The number of carbonyl (C=O) groups is 1. The van der Waals surface area contributed by atoms with Crippen molar-refractivity contribution in [3.63, 3.8) is 0 Å². The standard InChI is InChI=1S/C19H23BrN2O3/c1-19(2,3)25-18(24)22-9-7-13(12-22)11-21-10-8-14-5-4-6-15(20)16(14)17(21)23/h4-6,8,10,13H,7,9,11-12H2,1-3H3. The summed E-state index contributed by atoms with van der Waals surface area (Å²) in [6.07, 6.45) is 2.44. The van der Waals surface area contributed by atoms with E-state index in [2.05, 4.69) is 15.9 Å². The number of hydrogen-bond acceptors (Lipinski definition) is 3. The normalized spacial score (nSPS) is 17.9. The maximum Gasteiger partial charge on any atom is 0.410 e. The highest BCUT2D eigenvalue weighted by Crippen LogP contribution is 2.23. The fourth-order valence-electron chi connectivity index (χ4n) is 3.18. The van der Waals surface area contributed by atoms with E-state index in [1.807, 2.05) is 51.2 Å².